The number of ketones is 1. The summed E-state index contributed by atoms with van der Waals surface area (Å²) in [6.45, 7) is 3.99. The number of fused-ring (bicyclic) bond motifs is 2. The van der Waals surface area contributed by atoms with Crippen molar-refractivity contribution in [3.63, 3.8) is 0 Å². The topological polar surface area (TPSA) is 35.5 Å². The monoisotopic (exact) mass is 274 g/mol. The molecule has 3 nitrogen and oxygen atoms in total. The van der Waals surface area contributed by atoms with Crippen LogP contribution in [0.25, 0.3) is 0 Å². The second-order valence-electron chi connectivity index (χ2n) is 6.13. The van der Waals surface area contributed by atoms with E-state index in [1.165, 1.54) is 0 Å². The number of aryl methyl sites for hydroxylation is 2. The van der Waals surface area contributed by atoms with E-state index in [1.807, 2.05) is 26.0 Å². The molecule has 0 amide bonds. The molecule has 3 heteroatoms. The SMILES string of the molecule is COc1c(C)cc(C(=O)C2CC3CCC(C2)O3)cc1C. The second-order valence-corrected chi connectivity index (χ2v) is 6.13. The van der Waals surface area contributed by atoms with Crippen molar-refractivity contribution in [3.05, 3.63) is 28.8 Å². The first-order chi connectivity index (χ1) is 9.58. The molecule has 108 valence electrons. The Balaban J connectivity index is 1.84. The number of methoxy groups -OCH3 is 1. The number of ether oxygens (including phenoxy) is 2. The third-order valence-electron chi connectivity index (χ3n) is 4.61. The molecule has 2 heterocycles. The first-order valence-electron chi connectivity index (χ1n) is 7.43. The highest BCUT2D eigenvalue weighted by Crippen LogP contribution is 2.37. The summed E-state index contributed by atoms with van der Waals surface area (Å²) in [5.74, 6) is 1.29. The van der Waals surface area contributed by atoms with E-state index < -0.39 is 0 Å². The van der Waals surface area contributed by atoms with Gasteiger partial charge >= 0.3 is 0 Å². The molecule has 1 aromatic carbocycles. The number of rotatable bonds is 3. The Hall–Kier alpha value is -1.35. The summed E-state index contributed by atoms with van der Waals surface area (Å²) in [5, 5.41) is 0. The number of hydrogen-bond acceptors (Lipinski definition) is 3. The van der Waals surface area contributed by atoms with Crippen LogP contribution in [0.3, 0.4) is 0 Å². The van der Waals surface area contributed by atoms with Crippen molar-refractivity contribution in [2.45, 2.75) is 51.7 Å². The molecule has 2 saturated heterocycles. The molecule has 20 heavy (non-hydrogen) atoms. The molecule has 2 aliphatic rings. The van der Waals surface area contributed by atoms with Crippen LogP contribution in [0.1, 0.15) is 47.2 Å². The van der Waals surface area contributed by atoms with Gasteiger partial charge in [0.15, 0.2) is 5.78 Å². The van der Waals surface area contributed by atoms with Crippen molar-refractivity contribution in [2.24, 2.45) is 5.92 Å². The summed E-state index contributed by atoms with van der Waals surface area (Å²) >= 11 is 0. The minimum absolute atomic E-state index is 0.133. The first kappa shape index (κ1) is 13.6. The third-order valence-corrected chi connectivity index (χ3v) is 4.61. The molecular formula is C17H22O3. The van der Waals surface area contributed by atoms with Crippen molar-refractivity contribution in [3.8, 4) is 5.75 Å². The lowest BCUT2D eigenvalue weighted by molar-refractivity contribution is -0.0149. The van der Waals surface area contributed by atoms with E-state index in [2.05, 4.69) is 0 Å². The molecule has 0 saturated carbocycles. The Labute approximate surface area is 120 Å². The Morgan fingerprint density at radius 3 is 2.20 bits per heavy atom. The van der Waals surface area contributed by atoms with Gasteiger partial charge in [-0.25, -0.2) is 0 Å². The van der Waals surface area contributed by atoms with E-state index in [9.17, 15) is 4.79 Å². The Bertz CT molecular complexity index is 500. The Morgan fingerprint density at radius 2 is 1.70 bits per heavy atom. The van der Waals surface area contributed by atoms with Crippen LogP contribution in [0.2, 0.25) is 0 Å². The molecule has 2 atom stereocenters. The van der Waals surface area contributed by atoms with E-state index in [0.29, 0.717) is 12.2 Å². The van der Waals surface area contributed by atoms with Crippen LogP contribution in [-0.4, -0.2) is 25.1 Å². The van der Waals surface area contributed by atoms with Gasteiger partial charge in [-0.3, -0.25) is 4.79 Å². The Kier molecular flexibility index (Phi) is 3.55. The predicted octanol–water partition coefficient (Wildman–Crippen LogP) is 3.45. The minimum atomic E-state index is 0.133. The zero-order chi connectivity index (χ0) is 14.3. The van der Waals surface area contributed by atoms with Crippen LogP contribution < -0.4 is 4.74 Å². The lowest BCUT2D eigenvalue weighted by Gasteiger charge is -2.27. The zero-order valence-electron chi connectivity index (χ0n) is 12.4. The lowest BCUT2D eigenvalue weighted by atomic mass is 9.87. The van der Waals surface area contributed by atoms with Gasteiger partial charge in [-0.15, -0.1) is 0 Å². The van der Waals surface area contributed by atoms with E-state index in [4.69, 9.17) is 9.47 Å². The number of Topliss-reactive ketones (excluding diaryl/α,β-unsaturated/α-hetero) is 1. The quantitative estimate of drug-likeness (QED) is 0.792. The fourth-order valence-corrected chi connectivity index (χ4v) is 3.72. The number of carbonyl (C=O) groups is 1. The average molecular weight is 274 g/mol. The highest BCUT2D eigenvalue weighted by Gasteiger charge is 2.38. The normalized spacial score (nSPS) is 28.4. The zero-order valence-corrected chi connectivity index (χ0v) is 12.4. The summed E-state index contributed by atoms with van der Waals surface area (Å²) in [6, 6.07) is 3.93. The van der Waals surface area contributed by atoms with Crippen molar-refractivity contribution >= 4 is 5.78 Å². The highest BCUT2D eigenvalue weighted by molar-refractivity contribution is 5.98. The summed E-state index contributed by atoms with van der Waals surface area (Å²) in [7, 11) is 1.67. The molecular weight excluding hydrogens is 252 g/mol. The van der Waals surface area contributed by atoms with Crippen molar-refractivity contribution in [2.75, 3.05) is 7.11 Å². The van der Waals surface area contributed by atoms with Crippen LogP contribution in [-0.2, 0) is 4.74 Å². The summed E-state index contributed by atoms with van der Waals surface area (Å²) < 4.78 is 11.2. The highest BCUT2D eigenvalue weighted by atomic mass is 16.5. The summed E-state index contributed by atoms with van der Waals surface area (Å²) in [4.78, 5) is 12.7. The van der Waals surface area contributed by atoms with Gasteiger partial charge in [0.05, 0.1) is 19.3 Å². The molecule has 3 rings (SSSR count). The van der Waals surface area contributed by atoms with Crippen LogP contribution in [0, 0.1) is 19.8 Å². The van der Waals surface area contributed by atoms with Gasteiger partial charge in [-0.05, 0) is 62.8 Å². The maximum absolute atomic E-state index is 12.7. The molecule has 2 bridgehead atoms. The second kappa shape index (κ2) is 5.21. The smallest absolute Gasteiger partial charge is 0.166 e. The summed E-state index contributed by atoms with van der Waals surface area (Å²) in [5.41, 5.74) is 2.89. The average Bonchev–Trinajstić information content (AvgIpc) is 2.76. The number of hydrogen-bond donors (Lipinski definition) is 0. The molecule has 0 N–H and O–H groups in total. The molecule has 0 spiro atoms. The maximum atomic E-state index is 12.7. The van der Waals surface area contributed by atoms with Gasteiger partial charge < -0.3 is 9.47 Å². The fourth-order valence-electron chi connectivity index (χ4n) is 3.72. The van der Waals surface area contributed by atoms with Crippen LogP contribution in [0.15, 0.2) is 12.1 Å². The number of carbonyl (C=O) groups excluding carboxylic acids is 1. The summed E-state index contributed by atoms with van der Waals surface area (Å²) in [6.07, 6.45) is 4.63. The van der Waals surface area contributed by atoms with Gasteiger partial charge in [0.1, 0.15) is 5.75 Å². The van der Waals surface area contributed by atoms with Gasteiger partial charge in [-0.2, -0.15) is 0 Å². The number of benzene rings is 1. The van der Waals surface area contributed by atoms with E-state index in [0.717, 1.165) is 48.1 Å². The molecule has 2 aliphatic heterocycles. The fraction of sp³-hybridized carbons (Fsp3) is 0.588. The largest absolute Gasteiger partial charge is 0.496 e. The molecule has 0 radical (unpaired) electrons. The first-order valence-corrected chi connectivity index (χ1v) is 7.43. The molecule has 2 unspecified atom stereocenters. The van der Waals surface area contributed by atoms with Crippen molar-refractivity contribution in [1.29, 1.82) is 0 Å². The standard InChI is InChI=1S/C17H22O3/c1-10-6-12(7-11(2)17(10)19-3)16(18)13-8-14-4-5-15(9-13)20-14/h6-7,13-15H,4-5,8-9H2,1-3H3. The van der Waals surface area contributed by atoms with E-state index in [-0.39, 0.29) is 11.7 Å². The molecule has 1 aromatic rings. The van der Waals surface area contributed by atoms with Gasteiger partial charge in [0.25, 0.3) is 0 Å². The maximum Gasteiger partial charge on any atom is 0.166 e. The molecule has 2 fully saturated rings. The predicted molar refractivity (Wildman–Crippen MR) is 77.4 cm³/mol. The van der Waals surface area contributed by atoms with E-state index >= 15 is 0 Å². The van der Waals surface area contributed by atoms with Crippen LogP contribution in [0.4, 0.5) is 0 Å². The minimum Gasteiger partial charge on any atom is -0.496 e. The van der Waals surface area contributed by atoms with Crippen LogP contribution in [0.5, 0.6) is 5.75 Å². The Morgan fingerprint density at radius 1 is 1.15 bits per heavy atom. The van der Waals surface area contributed by atoms with Crippen LogP contribution >= 0.6 is 0 Å². The third kappa shape index (κ3) is 2.35. The van der Waals surface area contributed by atoms with Gasteiger partial charge in [0, 0.05) is 11.5 Å². The van der Waals surface area contributed by atoms with Crippen molar-refractivity contribution in [1.82, 2.24) is 0 Å². The molecule has 0 aliphatic carbocycles. The molecule has 0 aromatic heterocycles. The van der Waals surface area contributed by atoms with Gasteiger partial charge in [0.2, 0.25) is 0 Å². The van der Waals surface area contributed by atoms with Gasteiger partial charge in [-0.1, -0.05) is 0 Å². The van der Waals surface area contributed by atoms with Crippen molar-refractivity contribution < 1.29 is 14.3 Å². The lowest BCUT2D eigenvalue weighted by Crippen LogP contribution is -2.30. The van der Waals surface area contributed by atoms with E-state index in [1.54, 1.807) is 7.11 Å².